The van der Waals surface area contributed by atoms with Crippen LogP contribution in [0.1, 0.15) is 62.6 Å². The van der Waals surface area contributed by atoms with Gasteiger partial charge in [0.05, 0.1) is 24.5 Å². The number of carbonyl (C=O) groups excluding carboxylic acids is 2. The normalized spacial score (nSPS) is 31.7. The van der Waals surface area contributed by atoms with Gasteiger partial charge < -0.3 is 15.7 Å². The lowest BCUT2D eigenvalue weighted by atomic mass is 9.51. The Hall–Kier alpha value is -2.87. The van der Waals surface area contributed by atoms with E-state index >= 15 is 0 Å². The maximum atomic E-state index is 12.9. The lowest BCUT2D eigenvalue weighted by Crippen LogP contribution is -2.58. The summed E-state index contributed by atoms with van der Waals surface area (Å²) in [6, 6.07) is 5.56. The summed E-state index contributed by atoms with van der Waals surface area (Å²) in [5, 5.41) is 17.6. The van der Waals surface area contributed by atoms with E-state index in [2.05, 4.69) is 39.4 Å². The van der Waals surface area contributed by atoms with Gasteiger partial charge in [0.1, 0.15) is 5.69 Å². The number of rotatable bonds is 6. The Kier molecular flexibility index (Phi) is 7.26. The summed E-state index contributed by atoms with van der Waals surface area (Å²) in [6.45, 7) is 6.65. The van der Waals surface area contributed by atoms with Crippen LogP contribution >= 0.6 is 0 Å². The SMILES string of the molecule is C[C@H]1[C@@H]2[C@@H](O)[C@@H]([C@H](C)C(=O)NCc3ccccn3)CC[C@@]2(C)CC[C@@H]1NC(=O)c1cnccn1. The first-order chi connectivity index (χ1) is 16.3. The Morgan fingerprint density at radius 2 is 1.97 bits per heavy atom. The third-order valence-electron chi connectivity index (χ3n) is 8.23. The molecular weight excluding hydrogens is 430 g/mol. The summed E-state index contributed by atoms with van der Waals surface area (Å²) in [5.74, 6) is -0.671. The van der Waals surface area contributed by atoms with E-state index in [-0.39, 0.29) is 46.9 Å². The van der Waals surface area contributed by atoms with E-state index in [9.17, 15) is 14.7 Å². The van der Waals surface area contributed by atoms with Crippen molar-refractivity contribution >= 4 is 11.8 Å². The van der Waals surface area contributed by atoms with Gasteiger partial charge in [-0.05, 0) is 61.0 Å². The number of hydrogen-bond acceptors (Lipinski definition) is 6. The second-order valence-corrected chi connectivity index (χ2v) is 10.3. The molecule has 0 bridgehead atoms. The van der Waals surface area contributed by atoms with Crippen molar-refractivity contribution in [3.05, 3.63) is 54.4 Å². The molecule has 7 atom stereocenters. The van der Waals surface area contributed by atoms with Gasteiger partial charge in [0, 0.05) is 30.6 Å². The van der Waals surface area contributed by atoms with Crippen LogP contribution in [0.5, 0.6) is 0 Å². The summed E-state index contributed by atoms with van der Waals surface area (Å²) in [7, 11) is 0. The molecule has 2 aromatic heterocycles. The summed E-state index contributed by atoms with van der Waals surface area (Å²) >= 11 is 0. The molecule has 4 rings (SSSR count). The molecule has 8 heteroatoms. The first kappa shape index (κ1) is 24.3. The van der Waals surface area contributed by atoms with Gasteiger partial charge in [-0.25, -0.2) is 4.98 Å². The number of nitrogens with zero attached hydrogens (tertiary/aromatic N) is 3. The lowest BCUT2D eigenvalue weighted by Gasteiger charge is -2.56. The number of aliphatic hydroxyl groups excluding tert-OH is 1. The molecule has 2 fully saturated rings. The van der Waals surface area contributed by atoms with Crippen LogP contribution in [0.25, 0.3) is 0 Å². The van der Waals surface area contributed by atoms with Crippen LogP contribution in [0, 0.1) is 29.1 Å². The highest BCUT2D eigenvalue weighted by atomic mass is 16.3. The molecule has 0 spiro atoms. The zero-order chi connectivity index (χ0) is 24.3. The molecule has 8 nitrogen and oxygen atoms in total. The van der Waals surface area contributed by atoms with Crippen LogP contribution in [0.2, 0.25) is 0 Å². The third-order valence-corrected chi connectivity index (χ3v) is 8.23. The molecule has 2 saturated carbocycles. The van der Waals surface area contributed by atoms with Crippen molar-refractivity contribution < 1.29 is 14.7 Å². The number of nitrogens with one attached hydrogen (secondary N) is 2. The van der Waals surface area contributed by atoms with E-state index < -0.39 is 6.10 Å². The number of carbonyl (C=O) groups is 2. The Morgan fingerprint density at radius 3 is 2.68 bits per heavy atom. The maximum Gasteiger partial charge on any atom is 0.271 e. The molecule has 0 radical (unpaired) electrons. The molecule has 2 aliphatic rings. The summed E-state index contributed by atoms with van der Waals surface area (Å²) in [6.07, 6.45) is 9.17. The summed E-state index contributed by atoms with van der Waals surface area (Å²) in [4.78, 5) is 38.0. The van der Waals surface area contributed by atoms with Gasteiger partial charge in [-0.15, -0.1) is 0 Å². The standard InChI is InChI=1S/C26H35N5O3/c1-16(24(33)30-14-18-6-4-5-11-28-18)19-7-9-26(3)10-8-20(17(2)22(26)23(19)32)31-25(34)21-15-27-12-13-29-21/h4-6,11-13,15-17,19-20,22-23,32H,7-10,14H2,1-3H3,(H,30,33)(H,31,34)/t16-,17+,19+,20-,22+,23-,26-/m0/s1. The molecule has 3 N–H and O–H groups in total. The molecule has 34 heavy (non-hydrogen) atoms. The van der Waals surface area contributed by atoms with E-state index in [0.717, 1.165) is 31.4 Å². The summed E-state index contributed by atoms with van der Waals surface area (Å²) < 4.78 is 0. The molecule has 0 unspecified atom stereocenters. The third kappa shape index (κ3) is 4.97. The zero-order valence-electron chi connectivity index (χ0n) is 20.1. The first-order valence-corrected chi connectivity index (χ1v) is 12.2. The minimum atomic E-state index is -0.611. The predicted octanol–water partition coefficient (Wildman–Crippen LogP) is 2.75. The van der Waals surface area contributed by atoms with Crippen molar-refractivity contribution in [3.63, 3.8) is 0 Å². The van der Waals surface area contributed by atoms with Crippen molar-refractivity contribution in [1.29, 1.82) is 0 Å². The lowest BCUT2D eigenvalue weighted by molar-refractivity contribution is -0.142. The van der Waals surface area contributed by atoms with Gasteiger partial charge in [-0.1, -0.05) is 26.8 Å². The molecule has 0 saturated heterocycles. The van der Waals surface area contributed by atoms with Crippen LogP contribution < -0.4 is 10.6 Å². The Balaban J connectivity index is 1.42. The molecular formula is C26H35N5O3. The number of hydrogen-bond donors (Lipinski definition) is 3. The van der Waals surface area contributed by atoms with Gasteiger partial charge in [0.2, 0.25) is 5.91 Å². The van der Waals surface area contributed by atoms with Crippen LogP contribution in [0.4, 0.5) is 0 Å². The van der Waals surface area contributed by atoms with Crippen LogP contribution in [-0.4, -0.2) is 44.0 Å². The topological polar surface area (TPSA) is 117 Å². The van der Waals surface area contributed by atoms with E-state index in [1.165, 1.54) is 18.6 Å². The van der Waals surface area contributed by atoms with Crippen molar-refractivity contribution in [3.8, 4) is 0 Å². The van der Waals surface area contributed by atoms with E-state index in [1.54, 1.807) is 6.20 Å². The fourth-order valence-electron chi connectivity index (χ4n) is 6.19. The Labute approximate surface area is 201 Å². The Bertz CT molecular complexity index is 988. The zero-order valence-corrected chi connectivity index (χ0v) is 20.1. The summed E-state index contributed by atoms with van der Waals surface area (Å²) in [5.41, 5.74) is 1.10. The molecule has 2 aromatic rings. The van der Waals surface area contributed by atoms with Crippen molar-refractivity contribution in [1.82, 2.24) is 25.6 Å². The fraction of sp³-hybridized carbons (Fsp3) is 0.577. The average molecular weight is 466 g/mol. The van der Waals surface area contributed by atoms with Crippen molar-refractivity contribution in [2.24, 2.45) is 29.1 Å². The van der Waals surface area contributed by atoms with Crippen LogP contribution in [-0.2, 0) is 11.3 Å². The minimum absolute atomic E-state index is 0.00167. The van der Waals surface area contributed by atoms with E-state index in [4.69, 9.17) is 0 Å². The molecule has 182 valence electrons. The highest BCUT2D eigenvalue weighted by molar-refractivity contribution is 5.92. The van der Waals surface area contributed by atoms with Crippen molar-refractivity contribution in [2.45, 2.75) is 65.1 Å². The second-order valence-electron chi connectivity index (χ2n) is 10.3. The molecule has 0 aromatic carbocycles. The second kappa shape index (κ2) is 10.2. The van der Waals surface area contributed by atoms with Gasteiger partial charge in [0.15, 0.2) is 0 Å². The minimum Gasteiger partial charge on any atom is -0.392 e. The first-order valence-electron chi connectivity index (χ1n) is 12.2. The quantitative estimate of drug-likeness (QED) is 0.604. The van der Waals surface area contributed by atoms with Gasteiger partial charge in [-0.2, -0.15) is 0 Å². The largest absolute Gasteiger partial charge is 0.392 e. The number of aliphatic hydroxyl groups is 1. The van der Waals surface area contributed by atoms with Crippen LogP contribution in [0.15, 0.2) is 43.0 Å². The smallest absolute Gasteiger partial charge is 0.271 e. The number of fused-ring (bicyclic) bond motifs is 1. The molecule has 2 heterocycles. The van der Waals surface area contributed by atoms with Gasteiger partial charge >= 0.3 is 0 Å². The van der Waals surface area contributed by atoms with E-state index in [0.29, 0.717) is 12.2 Å². The molecule has 2 amide bonds. The average Bonchev–Trinajstić information content (AvgIpc) is 2.85. The van der Waals surface area contributed by atoms with Crippen LogP contribution in [0.3, 0.4) is 0 Å². The molecule has 2 aliphatic carbocycles. The number of amides is 2. The Morgan fingerprint density at radius 1 is 1.18 bits per heavy atom. The monoisotopic (exact) mass is 465 g/mol. The number of aromatic nitrogens is 3. The highest BCUT2D eigenvalue weighted by Crippen LogP contribution is 2.55. The van der Waals surface area contributed by atoms with Gasteiger partial charge in [-0.3, -0.25) is 19.6 Å². The maximum absolute atomic E-state index is 12.9. The number of pyridine rings is 1. The highest BCUT2D eigenvalue weighted by Gasteiger charge is 2.53. The fourth-order valence-corrected chi connectivity index (χ4v) is 6.19. The predicted molar refractivity (Wildman–Crippen MR) is 127 cm³/mol. The van der Waals surface area contributed by atoms with E-state index in [1.807, 2.05) is 25.1 Å². The van der Waals surface area contributed by atoms with Gasteiger partial charge in [0.25, 0.3) is 5.91 Å². The molecule has 0 aliphatic heterocycles. The van der Waals surface area contributed by atoms with Crippen molar-refractivity contribution in [2.75, 3.05) is 0 Å².